The molecule has 106 valence electrons. The molecule has 1 aliphatic carbocycles. The van der Waals surface area contributed by atoms with Crippen LogP contribution in [0.3, 0.4) is 0 Å². The lowest BCUT2D eigenvalue weighted by molar-refractivity contribution is 0.140. The van der Waals surface area contributed by atoms with Gasteiger partial charge >= 0.3 is 0 Å². The van der Waals surface area contributed by atoms with Gasteiger partial charge in [-0.2, -0.15) is 0 Å². The molecule has 0 amide bonds. The Morgan fingerprint density at radius 2 is 2.11 bits per heavy atom. The first-order valence-electron chi connectivity index (χ1n) is 6.98. The van der Waals surface area contributed by atoms with E-state index >= 15 is 0 Å². The molecule has 2 rings (SSSR count). The molecule has 0 radical (unpaired) electrons. The fourth-order valence-corrected chi connectivity index (χ4v) is 2.95. The van der Waals surface area contributed by atoms with Crippen molar-refractivity contribution < 1.29 is 9.50 Å². The second-order valence-corrected chi connectivity index (χ2v) is 5.83. The van der Waals surface area contributed by atoms with Crippen LogP contribution in [0.2, 0.25) is 5.02 Å². The van der Waals surface area contributed by atoms with Crippen LogP contribution in [0.4, 0.5) is 4.39 Å². The summed E-state index contributed by atoms with van der Waals surface area (Å²) in [7, 11) is 0. The van der Waals surface area contributed by atoms with Crippen molar-refractivity contribution in [1.29, 1.82) is 0 Å². The molecule has 1 aliphatic rings. The van der Waals surface area contributed by atoms with E-state index in [1.165, 1.54) is 31.7 Å². The van der Waals surface area contributed by atoms with Crippen molar-refractivity contribution in [2.45, 2.75) is 44.8 Å². The number of nitrogens with one attached hydrogen (secondary N) is 1. The topological polar surface area (TPSA) is 32.3 Å². The highest BCUT2D eigenvalue weighted by Gasteiger charge is 2.18. The number of hydrogen-bond acceptors (Lipinski definition) is 2. The zero-order valence-electron chi connectivity index (χ0n) is 11.0. The van der Waals surface area contributed by atoms with Crippen LogP contribution in [0.5, 0.6) is 0 Å². The van der Waals surface area contributed by atoms with Crippen molar-refractivity contribution in [2.24, 2.45) is 5.92 Å². The number of rotatable bonds is 6. The molecule has 0 heterocycles. The first kappa shape index (κ1) is 14.8. The summed E-state index contributed by atoms with van der Waals surface area (Å²) >= 11 is 5.72. The van der Waals surface area contributed by atoms with Gasteiger partial charge in [-0.05, 0) is 30.0 Å². The molecule has 2 nitrogen and oxygen atoms in total. The highest BCUT2D eigenvalue weighted by molar-refractivity contribution is 6.30. The Labute approximate surface area is 119 Å². The predicted octanol–water partition coefficient (Wildman–Crippen LogP) is 3.51. The van der Waals surface area contributed by atoms with Crippen molar-refractivity contribution in [3.05, 3.63) is 34.6 Å². The SMILES string of the molecule is OC(CNCc1ccc(F)c(Cl)c1)CC1CCCC1. The van der Waals surface area contributed by atoms with Crippen molar-refractivity contribution >= 4 is 11.6 Å². The summed E-state index contributed by atoms with van der Waals surface area (Å²) in [5, 5.41) is 13.3. The van der Waals surface area contributed by atoms with Gasteiger partial charge in [0, 0.05) is 13.1 Å². The minimum Gasteiger partial charge on any atom is -0.392 e. The summed E-state index contributed by atoms with van der Waals surface area (Å²) in [6, 6.07) is 4.69. The van der Waals surface area contributed by atoms with Crippen LogP contribution < -0.4 is 5.32 Å². The van der Waals surface area contributed by atoms with Gasteiger partial charge in [-0.1, -0.05) is 43.4 Å². The molecule has 1 atom stereocenters. The number of benzene rings is 1. The van der Waals surface area contributed by atoms with Crippen LogP contribution in [0.1, 0.15) is 37.7 Å². The van der Waals surface area contributed by atoms with Crippen molar-refractivity contribution in [2.75, 3.05) is 6.54 Å². The van der Waals surface area contributed by atoms with E-state index in [4.69, 9.17) is 11.6 Å². The van der Waals surface area contributed by atoms with E-state index in [1.807, 2.05) is 0 Å². The zero-order chi connectivity index (χ0) is 13.7. The summed E-state index contributed by atoms with van der Waals surface area (Å²) in [4.78, 5) is 0. The molecule has 2 N–H and O–H groups in total. The second-order valence-electron chi connectivity index (χ2n) is 5.42. The number of aliphatic hydroxyl groups excluding tert-OH is 1. The normalized spacial score (nSPS) is 17.8. The van der Waals surface area contributed by atoms with Gasteiger partial charge in [0.15, 0.2) is 0 Å². The minimum atomic E-state index is -0.397. The van der Waals surface area contributed by atoms with E-state index in [-0.39, 0.29) is 11.1 Å². The van der Waals surface area contributed by atoms with Gasteiger partial charge in [0.25, 0.3) is 0 Å². The lowest BCUT2D eigenvalue weighted by atomic mass is 10.00. The molecule has 0 saturated heterocycles. The Kier molecular flexibility index (Phi) is 5.61. The summed E-state index contributed by atoms with van der Waals surface area (Å²) in [5.74, 6) is 0.295. The molecular weight excluding hydrogens is 265 g/mol. The van der Waals surface area contributed by atoms with Gasteiger partial charge in [0.2, 0.25) is 0 Å². The Balaban J connectivity index is 1.68. The van der Waals surface area contributed by atoms with Crippen molar-refractivity contribution in [3.63, 3.8) is 0 Å². The number of aliphatic hydroxyl groups is 1. The predicted molar refractivity (Wildman–Crippen MR) is 75.7 cm³/mol. The van der Waals surface area contributed by atoms with Gasteiger partial charge < -0.3 is 10.4 Å². The fraction of sp³-hybridized carbons (Fsp3) is 0.600. The molecular formula is C15H21ClFNO. The Bertz CT molecular complexity index is 407. The highest BCUT2D eigenvalue weighted by Crippen LogP contribution is 2.28. The third kappa shape index (κ3) is 4.75. The largest absolute Gasteiger partial charge is 0.392 e. The number of halogens is 2. The lowest BCUT2D eigenvalue weighted by Crippen LogP contribution is -2.27. The van der Waals surface area contributed by atoms with Crippen molar-refractivity contribution in [1.82, 2.24) is 5.32 Å². The van der Waals surface area contributed by atoms with E-state index in [0.29, 0.717) is 19.0 Å². The van der Waals surface area contributed by atoms with E-state index < -0.39 is 5.82 Å². The summed E-state index contributed by atoms with van der Waals surface area (Å²) in [6.07, 6.45) is 5.71. The van der Waals surface area contributed by atoms with Gasteiger partial charge in [-0.15, -0.1) is 0 Å². The molecule has 0 aromatic heterocycles. The first-order chi connectivity index (χ1) is 9.15. The number of hydrogen-bond donors (Lipinski definition) is 2. The zero-order valence-corrected chi connectivity index (χ0v) is 11.8. The summed E-state index contributed by atoms with van der Waals surface area (Å²) < 4.78 is 13.0. The van der Waals surface area contributed by atoms with Crippen LogP contribution in [-0.2, 0) is 6.54 Å². The molecule has 1 saturated carbocycles. The molecule has 1 unspecified atom stereocenters. The van der Waals surface area contributed by atoms with Crippen molar-refractivity contribution in [3.8, 4) is 0 Å². The third-order valence-corrected chi connectivity index (χ3v) is 4.06. The molecule has 1 aromatic rings. The monoisotopic (exact) mass is 285 g/mol. The Morgan fingerprint density at radius 3 is 2.79 bits per heavy atom. The first-order valence-corrected chi connectivity index (χ1v) is 7.35. The van der Waals surface area contributed by atoms with Crippen LogP contribution in [0.15, 0.2) is 18.2 Å². The fourth-order valence-electron chi connectivity index (χ4n) is 2.75. The summed E-state index contributed by atoms with van der Waals surface area (Å²) in [6.45, 7) is 1.17. The standard InChI is InChI=1S/C15H21ClFNO/c16-14-8-12(5-6-15(14)17)9-18-10-13(19)7-11-3-1-2-4-11/h5-6,8,11,13,18-19H,1-4,7,9-10H2. The average molecular weight is 286 g/mol. The van der Waals surface area contributed by atoms with Gasteiger partial charge in [-0.3, -0.25) is 0 Å². The molecule has 0 spiro atoms. The summed E-state index contributed by atoms with van der Waals surface area (Å²) in [5.41, 5.74) is 0.930. The van der Waals surface area contributed by atoms with Crippen LogP contribution in [0, 0.1) is 11.7 Å². The van der Waals surface area contributed by atoms with Crippen LogP contribution in [-0.4, -0.2) is 17.8 Å². The van der Waals surface area contributed by atoms with E-state index in [1.54, 1.807) is 12.1 Å². The minimum absolute atomic E-state index is 0.144. The third-order valence-electron chi connectivity index (χ3n) is 3.77. The smallest absolute Gasteiger partial charge is 0.141 e. The lowest BCUT2D eigenvalue weighted by Gasteiger charge is -2.16. The van der Waals surface area contributed by atoms with E-state index in [9.17, 15) is 9.50 Å². The van der Waals surface area contributed by atoms with Crippen LogP contribution >= 0.6 is 11.6 Å². The maximum Gasteiger partial charge on any atom is 0.141 e. The van der Waals surface area contributed by atoms with E-state index in [2.05, 4.69) is 5.32 Å². The molecule has 4 heteroatoms. The highest BCUT2D eigenvalue weighted by atomic mass is 35.5. The molecule has 0 bridgehead atoms. The van der Waals surface area contributed by atoms with Gasteiger partial charge in [0.1, 0.15) is 5.82 Å². The molecule has 19 heavy (non-hydrogen) atoms. The Morgan fingerprint density at radius 1 is 1.37 bits per heavy atom. The van der Waals surface area contributed by atoms with Crippen LogP contribution in [0.25, 0.3) is 0 Å². The maximum absolute atomic E-state index is 13.0. The quantitative estimate of drug-likeness (QED) is 0.838. The Hall–Kier alpha value is -0.640. The maximum atomic E-state index is 13.0. The van der Waals surface area contributed by atoms with E-state index in [0.717, 1.165) is 12.0 Å². The average Bonchev–Trinajstić information content (AvgIpc) is 2.86. The molecule has 0 aliphatic heterocycles. The molecule has 1 aromatic carbocycles. The van der Waals surface area contributed by atoms with Gasteiger partial charge in [0.05, 0.1) is 11.1 Å². The molecule has 1 fully saturated rings. The van der Waals surface area contributed by atoms with Gasteiger partial charge in [-0.25, -0.2) is 4.39 Å². The second kappa shape index (κ2) is 7.22.